The first-order valence-corrected chi connectivity index (χ1v) is 8.24. The maximum Gasteiger partial charge on any atom is 0.342 e. The van der Waals surface area contributed by atoms with E-state index in [1.165, 1.54) is 0 Å². The molecule has 0 fully saturated rings. The number of aromatic hydroxyl groups is 2. The average molecular weight is 350 g/mol. The Morgan fingerprint density at radius 3 is 2.27 bits per heavy atom. The number of esters is 1. The van der Waals surface area contributed by atoms with Crippen molar-refractivity contribution in [2.45, 2.75) is 13.3 Å². The van der Waals surface area contributed by atoms with Crippen molar-refractivity contribution in [1.82, 2.24) is 0 Å². The third kappa shape index (κ3) is 3.37. The molecule has 0 aliphatic rings. The van der Waals surface area contributed by atoms with E-state index in [0.717, 1.165) is 18.1 Å². The molecular formula is C21H18O5. The standard InChI is InChI=1S/C21H18O5/c1-2-13-7-9-14(10-8-13)19(23)12-26-21(25)17-11-18(22)15-5-3-4-6-16(15)20(17)24/h3-11,22,24H,2,12H2,1H3. The highest BCUT2D eigenvalue weighted by Crippen LogP contribution is 2.35. The summed E-state index contributed by atoms with van der Waals surface area (Å²) in [5.74, 6) is -1.65. The minimum atomic E-state index is -0.873. The summed E-state index contributed by atoms with van der Waals surface area (Å²) in [5.41, 5.74) is 1.37. The Kier molecular flexibility index (Phi) is 4.89. The molecule has 0 saturated heterocycles. The first kappa shape index (κ1) is 17.5. The Morgan fingerprint density at radius 1 is 0.962 bits per heavy atom. The van der Waals surface area contributed by atoms with Gasteiger partial charge in [-0.3, -0.25) is 4.79 Å². The first-order valence-electron chi connectivity index (χ1n) is 8.24. The molecule has 0 unspecified atom stereocenters. The van der Waals surface area contributed by atoms with Crippen molar-refractivity contribution in [3.8, 4) is 11.5 Å². The molecule has 2 N–H and O–H groups in total. The molecule has 0 bridgehead atoms. The number of rotatable bonds is 5. The van der Waals surface area contributed by atoms with Gasteiger partial charge in [0.1, 0.15) is 17.1 Å². The van der Waals surface area contributed by atoms with Gasteiger partial charge in [0, 0.05) is 16.3 Å². The second-order valence-electron chi connectivity index (χ2n) is 5.89. The molecule has 5 heteroatoms. The summed E-state index contributed by atoms with van der Waals surface area (Å²) >= 11 is 0. The molecule has 132 valence electrons. The molecule has 3 aromatic carbocycles. The van der Waals surface area contributed by atoms with Crippen LogP contribution in [0.2, 0.25) is 0 Å². The summed E-state index contributed by atoms with van der Waals surface area (Å²) in [5, 5.41) is 21.1. The van der Waals surface area contributed by atoms with Gasteiger partial charge in [0.05, 0.1) is 0 Å². The molecule has 0 spiro atoms. The molecule has 3 rings (SSSR count). The van der Waals surface area contributed by atoms with Crippen molar-refractivity contribution in [1.29, 1.82) is 0 Å². The highest BCUT2D eigenvalue weighted by Gasteiger charge is 2.19. The number of ketones is 1. The highest BCUT2D eigenvalue weighted by molar-refractivity contribution is 6.05. The van der Waals surface area contributed by atoms with E-state index in [4.69, 9.17) is 4.74 Å². The van der Waals surface area contributed by atoms with Gasteiger partial charge in [-0.05, 0) is 18.1 Å². The maximum atomic E-state index is 12.3. The van der Waals surface area contributed by atoms with Gasteiger partial charge in [-0.25, -0.2) is 4.79 Å². The van der Waals surface area contributed by atoms with E-state index in [2.05, 4.69) is 0 Å². The third-order valence-corrected chi connectivity index (χ3v) is 4.23. The predicted molar refractivity (Wildman–Crippen MR) is 97.7 cm³/mol. The molecule has 0 aromatic heterocycles. The molecule has 0 saturated carbocycles. The zero-order valence-corrected chi connectivity index (χ0v) is 14.2. The molecule has 0 aliphatic carbocycles. The summed E-state index contributed by atoms with van der Waals surface area (Å²) in [6.45, 7) is 1.57. The maximum absolute atomic E-state index is 12.3. The first-order chi connectivity index (χ1) is 12.5. The number of fused-ring (bicyclic) bond motifs is 1. The van der Waals surface area contributed by atoms with Crippen LogP contribution < -0.4 is 0 Å². The predicted octanol–water partition coefficient (Wildman–Crippen LogP) is 3.85. The number of ether oxygens (including phenoxy) is 1. The lowest BCUT2D eigenvalue weighted by atomic mass is 10.0. The van der Waals surface area contributed by atoms with Gasteiger partial charge in [0.2, 0.25) is 0 Å². The number of hydrogen-bond donors (Lipinski definition) is 2. The normalized spacial score (nSPS) is 10.7. The van der Waals surface area contributed by atoms with Crippen molar-refractivity contribution in [3.63, 3.8) is 0 Å². The van der Waals surface area contributed by atoms with Crippen molar-refractivity contribution >= 4 is 22.5 Å². The fraction of sp³-hybridized carbons (Fsp3) is 0.143. The van der Waals surface area contributed by atoms with E-state index in [1.54, 1.807) is 36.4 Å². The number of carbonyl (C=O) groups excluding carboxylic acids is 2. The van der Waals surface area contributed by atoms with Crippen LogP contribution in [-0.4, -0.2) is 28.6 Å². The minimum Gasteiger partial charge on any atom is -0.507 e. The van der Waals surface area contributed by atoms with E-state index in [1.807, 2.05) is 19.1 Å². The second kappa shape index (κ2) is 7.27. The number of aryl methyl sites for hydroxylation is 1. The Balaban J connectivity index is 1.76. The molecule has 0 amide bonds. The summed E-state index contributed by atoms with van der Waals surface area (Å²) in [7, 11) is 0. The summed E-state index contributed by atoms with van der Waals surface area (Å²) in [6.07, 6.45) is 0.869. The van der Waals surface area contributed by atoms with Crippen LogP contribution in [0.4, 0.5) is 0 Å². The Morgan fingerprint density at radius 2 is 1.62 bits per heavy atom. The van der Waals surface area contributed by atoms with Crippen LogP contribution in [0.15, 0.2) is 54.6 Å². The lowest BCUT2D eigenvalue weighted by Gasteiger charge is -2.10. The van der Waals surface area contributed by atoms with Gasteiger partial charge in [-0.1, -0.05) is 55.5 Å². The van der Waals surface area contributed by atoms with Crippen molar-refractivity contribution in [2.24, 2.45) is 0 Å². The lowest BCUT2D eigenvalue weighted by Crippen LogP contribution is -2.14. The van der Waals surface area contributed by atoms with Crippen LogP contribution in [0.25, 0.3) is 10.8 Å². The highest BCUT2D eigenvalue weighted by atomic mass is 16.5. The SMILES string of the molecule is CCc1ccc(C(=O)COC(=O)c2cc(O)c3ccccc3c2O)cc1. The topological polar surface area (TPSA) is 83.8 Å². The zero-order chi connectivity index (χ0) is 18.7. The number of benzene rings is 3. The Labute approximate surface area is 150 Å². The number of phenols is 2. The molecule has 26 heavy (non-hydrogen) atoms. The molecule has 0 radical (unpaired) electrons. The fourth-order valence-corrected chi connectivity index (χ4v) is 2.72. The molecule has 0 aliphatic heterocycles. The van der Waals surface area contributed by atoms with E-state index in [-0.39, 0.29) is 22.8 Å². The van der Waals surface area contributed by atoms with Crippen molar-refractivity contribution in [3.05, 3.63) is 71.3 Å². The van der Waals surface area contributed by atoms with Crippen LogP contribution >= 0.6 is 0 Å². The third-order valence-electron chi connectivity index (χ3n) is 4.23. The Bertz CT molecular complexity index is 974. The van der Waals surface area contributed by atoms with Gasteiger partial charge in [-0.15, -0.1) is 0 Å². The molecule has 0 heterocycles. The van der Waals surface area contributed by atoms with E-state index in [9.17, 15) is 19.8 Å². The monoisotopic (exact) mass is 350 g/mol. The quantitative estimate of drug-likeness (QED) is 0.415. The molecular weight excluding hydrogens is 332 g/mol. The van der Waals surface area contributed by atoms with Gasteiger partial charge >= 0.3 is 5.97 Å². The van der Waals surface area contributed by atoms with E-state index in [0.29, 0.717) is 16.3 Å². The van der Waals surface area contributed by atoms with E-state index >= 15 is 0 Å². The number of Topliss-reactive ketones (excluding diaryl/α,β-unsaturated/α-hetero) is 1. The average Bonchev–Trinajstić information content (AvgIpc) is 2.68. The van der Waals surface area contributed by atoms with Gasteiger partial charge in [-0.2, -0.15) is 0 Å². The summed E-state index contributed by atoms with van der Waals surface area (Å²) < 4.78 is 5.03. The Hall–Kier alpha value is -3.34. The summed E-state index contributed by atoms with van der Waals surface area (Å²) in [4.78, 5) is 24.4. The van der Waals surface area contributed by atoms with Gasteiger partial charge < -0.3 is 14.9 Å². The molecule has 3 aromatic rings. The van der Waals surface area contributed by atoms with Crippen LogP contribution in [-0.2, 0) is 11.2 Å². The van der Waals surface area contributed by atoms with Crippen LogP contribution in [0.1, 0.15) is 33.2 Å². The van der Waals surface area contributed by atoms with E-state index < -0.39 is 12.6 Å². The lowest BCUT2D eigenvalue weighted by molar-refractivity contribution is 0.0472. The van der Waals surface area contributed by atoms with Crippen molar-refractivity contribution < 1.29 is 24.5 Å². The second-order valence-corrected chi connectivity index (χ2v) is 5.89. The van der Waals surface area contributed by atoms with Crippen LogP contribution in [0.3, 0.4) is 0 Å². The van der Waals surface area contributed by atoms with Gasteiger partial charge in [0.25, 0.3) is 0 Å². The van der Waals surface area contributed by atoms with Crippen LogP contribution in [0.5, 0.6) is 11.5 Å². The molecule has 0 atom stereocenters. The zero-order valence-electron chi connectivity index (χ0n) is 14.2. The minimum absolute atomic E-state index is 0.146. The number of carbonyl (C=O) groups is 2. The summed E-state index contributed by atoms with van der Waals surface area (Å²) in [6, 6.07) is 14.8. The largest absolute Gasteiger partial charge is 0.507 e. The molecule has 5 nitrogen and oxygen atoms in total. The van der Waals surface area contributed by atoms with Crippen molar-refractivity contribution in [2.75, 3.05) is 6.61 Å². The number of hydrogen-bond acceptors (Lipinski definition) is 5. The van der Waals surface area contributed by atoms with Gasteiger partial charge in [0.15, 0.2) is 12.4 Å². The fourth-order valence-electron chi connectivity index (χ4n) is 2.72. The smallest absolute Gasteiger partial charge is 0.342 e. The van der Waals surface area contributed by atoms with Crippen LogP contribution in [0, 0.1) is 0 Å². The number of phenolic OH excluding ortho intramolecular Hbond substituents is 2.